The molecule has 162 valence electrons. The third kappa shape index (κ3) is 10.4. The summed E-state index contributed by atoms with van der Waals surface area (Å²) >= 11 is 1.89. The van der Waals surface area contributed by atoms with Crippen LogP contribution in [0.5, 0.6) is 0 Å². The van der Waals surface area contributed by atoms with Crippen LogP contribution < -0.4 is 10.6 Å². The highest BCUT2D eigenvalue weighted by molar-refractivity contribution is 14.0. The van der Waals surface area contributed by atoms with Crippen molar-refractivity contribution in [3.8, 4) is 0 Å². The van der Waals surface area contributed by atoms with Gasteiger partial charge in [-0.25, -0.2) is 0 Å². The number of halogens is 1. The summed E-state index contributed by atoms with van der Waals surface area (Å²) in [5.41, 5.74) is 1.50. The zero-order chi connectivity index (χ0) is 19.2. The van der Waals surface area contributed by atoms with Crippen LogP contribution in [0.15, 0.2) is 16.4 Å². The lowest BCUT2D eigenvalue weighted by Crippen LogP contribution is -2.40. The molecule has 2 heterocycles. The summed E-state index contributed by atoms with van der Waals surface area (Å²) < 4.78 is 11.1. The van der Waals surface area contributed by atoms with Gasteiger partial charge in [0, 0.05) is 44.2 Å². The van der Waals surface area contributed by atoms with E-state index in [0.29, 0.717) is 19.8 Å². The summed E-state index contributed by atoms with van der Waals surface area (Å²) in [5.74, 6) is 0.869. The number of ether oxygens (including phenoxy) is 2. The zero-order valence-electron chi connectivity index (χ0n) is 17.4. The van der Waals surface area contributed by atoms with Crippen molar-refractivity contribution < 1.29 is 9.47 Å². The largest absolute Gasteiger partial charge is 0.379 e. The van der Waals surface area contributed by atoms with Crippen molar-refractivity contribution in [3.63, 3.8) is 0 Å². The SMILES string of the molecule is CCCCOCCOCCNC(=NCCN1CCc2sccc2C1)NCC.I. The van der Waals surface area contributed by atoms with Crippen molar-refractivity contribution in [3.05, 3.63) is 21.9 Å². The van der Waals surface area contributed by atoms with E-state index in [1.54, 1.807) is 4.88 Å². The molecule has 0 spiro atoms. The van der Waals surface area contributed by atoms with E-state index in [9.17, 15) is 0 Å². The molecule has 6 nitrogen and oxygen atoms in total. The smallest absolute Gasteiger partial charge is 0.191 e. The van der Waals surface area contributed by atoms with E-state index in [-0.39, 0.29) is 24.0 Å². The monoisotopic (exact) mass is 524 g/mol. The fourth-order valence-electron chi connectivity index (χ4n) is 2.95. The van der Waals surface area contributed by atoms with Crippen molar-refractivity contribution in [1.82, 2.24) is 15.5 Å². The number of hydrogen-bond acceptors (Lipinski definition) is 5. The Morgan fingerprint density at radius 1 is 1.18 bits per heavy atom. The van der Waals surface area contributed by atoms with E-state index in [2.05, 4.69) is 40.8 Å². The second-order valence-electron chi connectivity index (χ2n) is 6.66. The minimum Gasteiger partial charge on any atom is -0.379 e. The van der Waals surface area contributed by atoms with Crippen LogP contribution in [-0.4, -0.2) is 70.0 Å². The van der Waals surface area contributed by atoms with E-state index in [0.717, 1.165) is 58.3 Å². The van der Waals surface area contributed by atoms with E-state index in [1.165, 1.54) is 18.4 Å². The van der Waals surface area contributed by atoms with Gasteiger partial charge in [-0.2, -0.15) is 0 Å². The number of nitrogens with one attached hydrogen (secondary N) is 2. The molecule has 0 fully saturated rings. The molecule has 2 rings (SSSR count). The van der Waals surface area contributed by atoms with Crippen LogP contribution >= 0.6 is 35.3 Å². The third-order valence-electron chi connectivity index (χ3n) is 4.47. The summed E-state index contributed by atoms with van der Waals surface area (Å²) in [6.45, 7) is 12.7. The fraction of sp³-hybridized carbons (Fsp3) is 0.750. The second-order valence-corrected chi connectivity index (χ2v) is 7.66. The van der Waals surface area contributed by atoms with Crippen molar-refractivity contribution in [1.29, 1.82) is 0 Å². The van der Waals surface area contributed by atoms with E-state index in [1.807, 2.05) is 11.3 Å². The van der Waals surface area contributed by atoms with Gasteiger partial charge in [0.2, 0.25) is 0 Å². The maximum Gasteiger partial charge on any atom is 0.191 e. The quantitative estimate of drug-likeness (QED) is 0.180. The minimum absolute atomic E-state index is 0. The highest BCUT2D eigenvalue weighted by Gasteiger charge is 2.16. The lowest BCUT2D eigenvalue weighted by atomic mass is 10.1. The molecule has 1 aromatic heterocycles. The normalized spacial score (nSPS) is 14.4. The molecule has 1 aliphatic heterocycles. The Balaban J connectivity index is 0.00000392. The van der Waals surface area contributed by atoms with Crippen molar-refractivity contribution in [2.24, 2.45) is 4.99 Å². The molecule has 0 aromatic carbocycles. The molecule has 0 amide bonds. The molecule has 1 aromatic rings. The summed E-state index contributed by atoms with van der Waals surface area (Å²) in [6, 6.07) is 2.26. The number of fused-ring (bicyclic) bond motifs is 1. The average Bonchev–Trinajstić information content (AvgIpc) is 3.14. The van der Waals surface area contributed by atoms with Gasteiger partial charge in [0.05, 0.1) is 26.4 Å². The van der Waals surface area contributed by atoms with Crippen LogP contribution in [0, 0.1) is 0 Å². The van der Waals surface area contributed by atoms with Crippen molar-refractivity contribution >= 4 is 41.3 Å². The van der Waals surface area contributed by atoms with E-state index < -0.39 is 0 Å². The molecule has 0 atom stereocenters. The Labute approximate surface area is 191 Å². The predicted octanol–water partition coefficient (Wildman–Crippen LogP) is 3.11. The molecule has 0 saturated heterocycles. The predicted molar refractivity (Wildman–Crippen MR) is 129 cm³/mol. The van der Waals surface area contributed by atoms with Gasteiger partial charge in [-0.1, -0.05) is 13.3 Å². The van der Waals surface area contributed by atoms with Gasteiger partial charge in [-0.05, 0) is 36.8 Å². The minimum atomic E-state index is 0. The summed E-state index contributed by atoms with van der Waals surface area (Å²) in [5, 5.41) is 8.84. The van der Waals surface area contributed by atoms with Gasteiger partial charge in [0.25, 0.3) is 0 Å². The number of hydrogen-bond donors (Lipinski definition) is 2. The number of aliphatic imine (C=N–C) groups is 1. The van der Waals surface area contributed by atoms with Crippen LogP contribution in [0.4, 0.5) is 0 Å². The maximum absolute atomic E-state index is 5.59. The fourth-order valence-corrected chi connectivity index (χ4v) is 3.84. The molecule has 0 saturated carbocycles. The third-order valence-corrected chi connectivity index (χ3v) is 5.49. The molecule has 1 aliphatic rings. The highest BCUT2D eigenvalue weighted by Crippen LogP contribution is 2.23. The Morgan fingerprint density at radius 3 is 2.79 bits per heavy atom. The Bertz CT molecular complexity index is 542. The van der Waals surface area contributed by atoms with Crippen molar-refractivity contribution in [2.75, 3.05) is 59.2 Å². The average molecular weight is 525 g/mol. The molecule has 0 radical (unpaired) electrons. The van der Waals surface area contributed by atoms with Crippen LogP contribution in [-0.2, 0) is 22.4 Å². The lowest BCUT2D eigenvalue weighted by Gasteiger charge is -2.26. The van der Waals surface area contributed by atoms with Gasteiger partial charge in [0.1, 0.15) is 0 Å². The summed E-state index contributed by atoms with van der Waals surface area (Å²) in [4.78, 5) is 8.74. The first kappa shape index (κ1) is 25.6. The number of nitrogens with zero attached hydrogens (tertiary/aromatic N) is 2. The first-order valence-electron chi connectivity index (χ1n) is 10.3. The highest BCUT2D eigenvalue weighted by atomic mass is 127. The topological polar surface area (TPSA) is 58.1 Å². The van der Waals surface area contributed by atoms with E-state index >= 15 is 0 Å². The van der Waals surface area contributed by atoms with Crippen LogP contribution in [0.1, 0.15) is 37.1 Å². The number of rotatable bonds is 13. The number of unbranched alkanes of at least 4 members (excludes halogenated alkanes) is 1. The molecular weight excluding hydrogens is 487 g/mol. The van der Waals surface area contributed by atoms with Gasteiger partial charge >= 0.3 is 0 Å². The van der Waals surface area contributed by atoms with Crippen LogP contribution in [0.2, 0.25) is 0 Å². The lowest BCUT2D eigenvalue weighted by molar-refractivity contribution is 0.0487. The van der Waals surface area contributed by atoms with Gasteiger partial charge in [0.15, 0.2) is 5.96 Å². The Morgan fingerprint density at radius 2 is 2.00 bits per heavy atom. The zero-order valence-corrected chi connectivity index (χ0v) is 20.5. The Kier molecular flexibility index (Phi) is 15.0. The Hall–Kier alpha value is -0.420. The maximum atomic E-state index is 5.59. The standard InChI is InChI=1S/C20H36N4O2S.HI/c1-3-5-12-25-14-15-26-13-9-23-20(21-4-2)22-8-11-24-10-6-19-18(17-24)7-16-27-19;/h7,16H,3-6,8-15,17H2,1-2H3,(H2,21,22,23);1H. The van der Waals surface area contributed by atoms with Crippen LogP contribution in [0.3, 0.4) is 0 Å². The molecule has 0 bridgehead atoms. The summed E-state index contributed by atoms with van der Waals surface area (Å²) in [6.07, 6.45) is 3.47. The van der Waals surface area contributed by atoms with Gasteiger partial charge < -0.3 is 20.1 Å². The summed E-state index contributed by atoms with van der Waals surface area (Å²) in [7, 11) is 0. The van der Waals surface area contributed by atoms with E-state index in [4.69, 9.17) is 14.5 Å². The molecule has 8 heteroatoms. The van der Waals surface area contributed by atoms with Crippen LogP contribution in [0.25, 0.3) is 0 Å². The first-order chi connectivity index (χ1) is 13.3. The second kappa shape index (κ2) is 16.4. The molecule has 0 unspecified atom stereocenters. The molecule has 28 heavy (non-hydrogen) atoms. The number of thiophene rings is 1. The number of guanidine groups is 1. The van der Waals surface area contributed by atoms with Gasteiger partial charge in [-0.15, -0.1) is 35.3 Å². The van der Waals surface area contributed by atoms with Crippen molar-refractivity contribution in [2.45, 2.75) is 39.7 Å². The molecule has 2 N–H and O–H groups in total. The first-order valence-corrected chi connectivity index (χ1v) is 11.2. The molecular formula is C20H37IN4O2S. The van der Waals surface area contributed by atoms with Gasteiger partial charge in [-0.3, -0.25) is 9.89 Å². The molecule has 0 aliphatic carbocycles.